The highest BCUT2D eigenvalue weighted by Crippen LogP contribution is 2.36. The van der Waals surface area contributed by atoms with E-state index >= 15 is 0 Å². The zero-order valence-electron chi connectivity index (χ0n) is 20.3. The topological polar surface area (TPSA) is 74.8 Å². The summed E-state index contributed by atoms with van der Waals surface area (Å²) in [6.07, 6.45) is 7.33. The number of benzene rings is 1. The summed E-state index contributed by atoms with van der Waals surface area (Å²) in [4.78, 5) is 35.5. The first-order valence-electron chi connectivity index (χ1n) is 12.0. The van der Waals surface area contributed by atoms with Crippen molar-refractivity contribution in [2.24, 2.45) is 5.92 Å². The van der Waals surface area contributed by atoms with Crippen LogP contribution in [0, 0.1) is 12.8 Å². The van der Waals surface area contributed by atoms with Crippen molar-refractivity contribution in [3.63, 3.8) is 0 Å². The zero-order chi connectivity index (χ0) is 24.1. The summed E-state index contributed by atoms with van der Waals surface area (Å²) in [7, 11) is 1.69. The monoisotopic (exact) mass is 482 g/mol. The first-order valence-corrected chi connectivity index (χ1v) is 12.9. The molecule has 2 aromatic rings. The summed E-state index contributed by atoms with van der Waals surface area (Å²) in [5.74, 6) is 0.961. The zero-order valence-corrected chi connectivity index (χ0v) is 21.1. The number of amides is 3. The van der Waals surface area contributed by atoms with Crippen LogP contribution in [0.2, 0.25) is 0 Å². The van der Waals surface area contributed by atoms with E-state index in [1.165, 1.54) is 4.90 Å². The van der Waals surface area contributed by atoms with Gasteiger partial charge in [-0.25, -0.2) is 9.78 Å². The SMILES string of the molecule is CCC1(C2CCN(C/C=C/c3ccccc3OC)CC2)NC(=O)N(CCc2scnc2C)C1=O. The normalized spacial score (nSPS) is 22.0. The van der Waals surface area contributed by atoms with Crippen molar-refractivity contribution in [2.75, 3.05) is 33.3 Å². The average molecular weight is 483 g/mol. The minimum absolute atomic E-state index is 0.0586. The number of carbonyl (C=O) groups excluding carboxylic acids is 2. The number of likely N-dealkylation sites (tertiary alicyclic amines) is 1. The summed E-state index contributed by atoms with van der Waals surface area (Å²) in [6.45, 7) is 7.05. The highest BCUT2D eigenvalue weighted by Gasteiger charge is 2.54. The van der Waals surface area contributed by atoms with Crippen molar-refractivity contribution in [3.8, 4) is 5.75 Å². The van der Waals surface area contributed by atoms with E-state index < -0.39 is 5.54 Å². The number of nitrogens with one attached hydrogen (secondary N) is 1. The second-order valence-electron chi connectivity index (χ2n) is 9.04. The molecule has 4 rings (SSSR count). The molecule has 0 spiro atoms. The summed E-state index contributed by atoms with van der Waals surface area (Å²) < 4.78 is 5.42. The Kier molecular flexibility index (Phi) is 7.68. The third kappa shape index (κ3) is 4.88. The molecule has 0 radical (unpaired) electrons. The maximum absolute atomic E-state index is 13.5. The number of nitrogens with zero attached hydrogens (tertiary/aromatic N) is 3. The number of rotatable bonds is 9. The number of thiazole rings is 1. The lowest BCUT2D eigenvalue weighted by molar-refractivity contribution is -0.134. The third-order valence-electron chi connectivity index (χ3n) is 7.25. The fourth-order valence-corrected chi connectivity index (χ4v) is 5.94. The molecule has 1 N–H and O–H groups in total. The van der Waals surface area contributed by atoms with E-state index in [1.807, 2.05) is 43.6 Å². The van der Waals surface area contributed by atoms with Gasteiger partial charge in [0.15, 0.2) is 0 Å². The average Bonchev–Trinajstić information content (AvgIpc) is 3.38. The second kappa shape index (κ2) is 10.7. The fourth-order valence-electron chi connectivity index (χ4n) is 5.17. The van der Waals surface area contributed by atoms with Crippen LogP contribution in [0.5, 0.6) is 5.75 Å². The molecule has 7 nitrogen and oxygen atoms in total. The maximum atomic E-state index is 13.5. The first-order chi connectivity index (χ1) is 16.5. The van der Waals surface area contributed by atoms with Crippen molar-refractivity contribution in [3.05, 3.63) is 52.0 Å². The molecular weight excluding hydrogens is 448 g/mol. The quantitative estimate of drug-likeness (QED) is 0.544. The van der Waals surface area contributed by atoms with Gasteiger partial charge in [0.05, 0.1) is 18.3 Å². The molecule has 1 aromatic heterocycles. The highest BCUT2D eigenvalue weighted by molar-refractivity contribution is 7.09. The number of carbonyl (C=O) groups is 2. The van der Waals surface area contributed by atoms with Gasteiger partial charge in [-0.15, -0.1) is 11.3 Å². The molecule has 8 heteroatoms. The van der Waals surface area contributed by atoms with Gasteiger partial charge >= 0.3 is 6.03 Å². The van der Waals surface area contributed by atoms with Crippen molar-refractivity contribution in [1.82, 2.24) is 20.1 Å². The molecule has 0 aliphatic carbocycles. The number of para-hydroxylation sites is 1. The number of aromatic nitrogens is 1. The van der Waals surface area contributed by atoms with E-state index in [-0.39, 0.29) is 17.9 Å². The van der Waals surface area contributed by atoms with Gasteiger partial charge in [0.2, 0.25) is 0 Å². The van der Waals surface area contributed by atoms with Gasteiger partial charge in [-0.3, -0.25) is 14.6 Å². The Bertz CT molecular complexity index is 1040. The molecule has 2 fully saturated rings. The first kappa shape index (κ1) is 24.4. The predicted octanol–water partition coefficient (Wildman–Crippen LogP) is 4.13. The Labute approximate surface area is 205 Å². The molecule has 0 saturated carbocycles. The molecule has 2 aliphatic heterocycles. The van der Waals surface area contributed by atoms with Gasteiger partial charge in [-0.05, 0) is 51.3 Å². The number of piperidine rings is 1. The van der Waals surface area contributed by atoms with Crippen LogP contribution in [0.4, 0.5) is 4.79 Å². The Morgan fingerprint density at radius 1 is 1.26 bits per heavy atom. The molecule has 182 valence electrons. The Morgan fingerprint density at radius 2 is 2.03 bits per heavy atom. The predicted molar refractivity (Wildman–Crippen MR) is 135 cm³/mol. The molecule has 2 saturated heterocycles. The van der Waals surface area contributed by atoms with Crippen molar-refractivity contribution >= 4 is 29.4 Å². The number of aryl methyl sites for hydroxylation is 1. The third-order valence-corrected chi connectivity index (χ3v) is 8.25. The van der Waals surface area contributed by atoms with E-state index in [4.69, 9.17) is 4.74 Å². The van der Waals surface area contributed by atoms with E-state index in [0.29, 0.717) is 19.4 Å². The van der Waals surface area contributed by atoms with Gasteiger partial charge in [0, 0.05) is 30.0 Å². The molecule has 3 heterocycles. The highest BCUT2D eigenvalue weighted by atomic mass is 32.1. The van der Waals surface area contributed by atoms with Crippen LogP contribution < -0.4 is 10.1 Å². The van der Waals surface area contributed by atoms with Crippen LogP contribution in [-0.2, 0) is 11.2 Å². The number of hydrogen-bond donors (Lipinski definition) is 1. The molecule has 1 aromatic carbocycles. The minimum Gasteiger partial charge on any atom is -0.496 e. The van der Waals surface area contributed by atoms with Crippen LogP contribution in [0.3, 0.4) is 0 Å². The standard InChI is InChI=1S/C26H34N4O3S/c1-4-26(24(31)30(25(32)28-26)17-13-23-19(2)27-18-34-23)21-11-15-29(16-12-21)14-7-9-20-8-5-6-10-22(20)33-3/h5-10,18,21H,4,11-17H2,1-3H3,(H,28,32)/b9-7+. The molecule has 0 bridgehead atoms. The molecule has 34 heavy (non-hydrogen) atoms. The summed E-state index contributed by atoms with van der Waals surface area (Å²) in [5, 5.41) is 3.10. The number of urea groups is 1. The number of ether oxygens (including phenoxy) is 1. The van der Waals surface area contributed by atoms with Gasteiger partial charge in [-0.2, -0.15) is 0 Å². The van der Waals surface area contributed by atoms with E-state index in [2.05, 4.69) is 27.4 Å². The van der Waals surface area contributed by atoms with Crippen LogP contribution in [0.1, 0.15) is 42.3 Å². The molecule has 3 amide bonds. The minimum atomic E-state index is -0.779. The van der Waals surface area contributed by atoms with Crippen molar-refractivity contribution in [1.29, 1.82) is 0 Å². The number of imide groups is 1. The lowest BCUT2D eigenvalue weighted by Crippen LogP contribution is -2.55. The van der Waals surface area contributed by atoms with Gasteiger partial charge in [0.1, 0.15) is 11.3 Å². The van der Waals surface area contributed by atoms with Crippen LogP contribution in [-0.4, -0.2) is 65.5 Å². The summed E-state index contributed by atoms with van der Waals surface area (Å²) >= 11 is 1.58. The maximum Gasteiger partial charge on any atom is 0.325 e. The van der Waals surface area contributed by atoms with E-state index in [0.717, 1.165) is 54.4 Å². The van der Waals surface area contributed by atoms with Gasteiger partial charge in [-0.1, -0.05) is 37.3 Å². The fraction of sp³-hybridized carbons (Fsp3) is 0.500. The molecule has 1 unspecified atom stereocenters. The number of hydrogen-bond acceptors (Lipinski definition) is 6. The van der Waals surface area contributed by atoms with Gasteiger partial charge < -0.3 is 10.1 Å². The van der Waals surface area contributed by atoms with Crippen LogP contribution in [0.15, 0.2) is 35.9 Å². The van der Waals surface area contributed by atoms with Gasteiger partial charge in [0.25, 0.3) is 5.91 Å². The number of methoxy groups -OCH3 is 1. The smallest absolute Gasteiger partial charge is 0.325 e. The van der Waals surface area contributed by atoms with Crippen LogP contribution >= 0.6 is 11.3 Å². The Hall–Kier alpha value is -2.71. The summed E-state index contributed by atoms with van der Waals surface area (Å²) in [6, 6.07) is 7.73. The summed E-state index contributed by atoms with van der Waals surface area (Å²) in [5.41, 5.74) is 3.08. The molecule has 1 atom stereocenters. The second-order valence-corrected chi connectivity index (χ2v) is 9.98. The van der Waals surface area contributed by atoms with E-state index in [1.54, 1.807) is 18.4 Å². The van der Waals surface area contributed by atoms with E-state index in [9.17, 15) is 9.59 Å². The van der Waals surface area contributed by atoms with Crippen LogP contribution in [0.25, 0.3) is 6.08 Å². The Balaban J connectivity index is 1.34. The lowest BCUT2D eigenvalue weighted by Gasteiger charge is -2.40. The molecule has 2 aliphatic rings. The van der Waals surface area contributed by atoms with Crippen molar-refractivity contribution < 1.29 is 14.3 Å². The van der Waals surface area contributed by atoms with Crippen molar-refractivity contribution in [2.45, 2.75) is 45.1 Å². The lowest BCUT2D eigenvalue weighted by atomic mass is 9.75. The Morgan fingerprint density at radius 3 is 2.71 bits per heavy atom. The molecular formula is C26H34N4O3S. The largest absolute Gasteiger partial charge is 0.496 e.